The summed E-state index contributed by atoms with van der Waals surface area (Å²) in [5, 5.41) is 14.9. The van der Waals surface area contributed by atoms with Crippen LogP contribution in [0.2, 0.25) is 0 Å². The largest absolute Gasteiger partial charge is 0.490 e. The van der Waals surface area contributed by atoms with Crippen molar-refractivity contribution in [1.29, 1.82) is 0 Å². The highest BCUT2D eigenvalue weighted by Gasteiger charge is 2.38. The molecule has 0 radical (unpaired) electrons. The minimum absolute atomic E-state index is 0.0115. The van der Waals surface area contributed by atoms with Crippen molar-refractivity contribution in [2.45, 2.75) is 25.7 Å². The van der Waals surface area contributed by atoms with Crippen molar-refractivity contribution >= 4 is 27.3 Å². The zero-order valence-electron chi connectivity index (χ0n) is 20.4. The molecule has 0 spiro atoms. The average molecular weight is 565 g/mol. The Balaban J connectivity index is 1.81. The van der Waals surface area contributed by atoms with E-state index >= 15 is 4.39 Å². The zero-order valence-corrected chi connectivity index (χ0v) is 21.2. The molecule has 0 unspecified atom stereocenters. The summed E-state index contributed by atoms with van der Waals surface area (Å²) < 4.78 is 79.1. The highest BCUT2D eigenvalue weighted by Crippen LogP contribution is 2.48. The maximum Gasteiger partial charge on any atom is 0.434 e. The number of pyridine rings is 1. The van der Waals surface area contributed by atoms with Crippen LogP contribution in [0.15, 0.2) is 42.3 Å². The third-order valence-corrected chi connectivity index (χ3v) is 7.39. The lowest BCUT2D eigenvalue weighted by atomic mass is 9.97. The monoisotopic (exact) mass is 564 g/mol. The van der Waals surface area contributed by atoms with Crippen LogP contribution in [-0.2, 0) is 17.5 Å². The number of aliphatic hydroxyl groups excluding tert-OH is 1. The fourth-order valence-electron chi connectivity index (χ4n) is 4.76. The first-order valence-electron chi connectivity index (χ1n) is 11.8. The van der Waals surface area contributed by atoms with Gasteiger partial charge >= 0.3 is 6.18 Å². The Labute approximate surface area is 222 Å². The maximum atomic E-state index is 15.4. The molecule has 0 fully saturated rings. The van der Waals surface area contributed by atoms with E-state index in [1.807, 2.05) is 0 Å². The number of carbonyl (C=O) groups is 1. The lowest BCUT2D eigenvalue weighted by Gasteiger charge is -2.33. The van der Waals surface area contributed by atoms with E-state index in [1.165, 1.54) is 23.6 Å². The van der Waals surface area contributed by atoms with Crippen LogP contribution < -0.4 is 4.74 Å². The molecule has 1 aliphatic rings. The molecule has 1 atom stereocenters. The fourth-order valence-corrected chi connectivity index (χ4v) is 5.71. The van der Waals surface area contributed by atoms with Gasteiger partial charge in [-0.05, 0) is 30.5 Å². The number of amides is 1. The van der Waals surface area contributed by atoms with Crippen LogP contribution in [0.25, 0.3) is 32.6 Å². The smallest absolute Gasteiger partial charge is 0.434 e. The number of alkyl halides is 3. The number of ether oxygens (including phenoxy) is 1. The third kappa shape index (κ3) is 4.65. The Morgan fingerprint density at radius 2 is 2.03 bits per heavy atom. The van der Waals surface area contributed by atoms with Gasteiger partial charge in [-0.15, -0.1) is 11.3 Å². The van der Waals surface area contributed by atoms with Gasteiger partial charge in [-0.25, -0.2) is 13.8 Å². The van der Waals surface area contributed by atoms with Gasteiger partial charge < -0.3 is 14.7 Å². The molecule has 4 heterocycles. The molecule has 4 aromatic rings. The molecular weight excluding hydrogens is 543 g/mol. The van der Waals surface area contributed by atoms with Crippen LogP contribution in [0.5, 0.6) is 5.75 Å². The Bertz CT molecular complexity index is 1600. The number of aliphatic hydroxyl groups is 1. The molecule has 1 N–H and O–H groups in total. The van der Waals surface area contributed by atoms with Crippen molar-refractivity contribution in [2.24, 2.45) is 0 Å². The Hall–Kier alpha value is -3.84. The number of nitrogens with zero attached hydrogens (tertiary/aromatic N) is 4. The summed E-state index contributed by atoms with van der Waals surface area (Å²) in [5.41, 5.74) is -1.28. The first-order chi connectivity index (χ1) is 18.5. The minimum Gasteiger partial charge on any atom is -0.490 e. The molecule has 0 saturated carbocycles. The molecule has 5 rings (SSSR count). The molecule has 0 aliphatic carbocycles. The molecule has 1 aromatic carbocycles. The summed E-state index contributed by atoms with van der Waals surface area (Å²) >= 11 is 0.932. The fraction of sp³-hybridized carbons (Fsp3) is 0.269. The van der Waals surface area contributed by atoms with Gasteiger partial charge in [-0.3, -0.25) is 9.48 Å². The van der Waals surface area contributed by atoms with E-state index in [2.05, 4.69) is 16.7 Å². The molecular formula is C26H21F5N4O3S. The highest BCUT2D eigenvalue weighted by molar-refractivity contribution is 7.17. The lowest BCUT2D eigenvalue weighted by Crippen LogP contribution is -2.40. The first kappa shape index (κ1) is 26.8. The van der Waals surface area contributed by atoms with Crippen LogP contribution in [0, 0.1) is 11.6 Å². The predicted octanol–water partition coefficient (Wildman–Crippen LogP) is 5.58. The Morgan fingerprint density at radius 1 is 1.26 bits per heavy atom. The van der Waals surface area contributed by atoms with Crippen LogP contribution in [0.3, 0.4) is 0 Å². The summed E-state index contributed by atoms with van der Waals surface area (Å²) in [5.74, 6) is -2.67. The van der Waals surface area contributed by atoms with Gasteiger partial charge in [0.05, 0.1) is 30.5 Å². The number of fused-ring (bicyclic) bond motifs is 2. The lowest BCUT2D eigenvalue weighted by molar-refractivity contribution is -0.139. The van der Waals surface area contributed by atoms with E-state index in [4.69, 9.17) is 4.74 Å². The number of carbonyl (C=O) groups excluding carboxylic acids is 1. The van der Waals surface area contributed by atoms with Crippen molar-refractivity contribution in [2.75, 3.05) is 19.8 Å². The Morgan fingerprint density at radius 3 is 2.72 bits per heavy atom. The Kier molecular flexibility index (Phi) is 6.89. The summed E-state index contributed by atoms with van der Waals surface area (Å²) in [7, 11) is 0. The average Bonchev–Trinajstić information content (AvgIpc) is 3.54. The van der Waals surface area contributed by atoms with E-state index in [9.17, 15) is 27.5 Å². The van der Waals surface area contributed by atoms with Gasteiger partial charge in [-0.1, -0.05) is 6.58 Å². The predicted molar refractivity (Wildman–Crippen MR) is 134 cm³/mol. The van der Waals surface area contributed by atoms with E-state index < -0.39 is 36.2 Å². The van der Waals surface area contributed by atoms with Gasteiger partial charge in [0, 0.05) is 34.3 Å². The zero-order chi connectivity index (χ0) is 28.1. The van der Waals surface area contributed by atoms with Crippen LogP contribution in [0.1, 0.15) is 24.4 Å². The number of halogens is 5. The van der Waals surface area contributed by atoms with Gasteiger partial charge in [0.15, 0.2) is 5.69 Å². The minimum atomic E-state index is -4.84. The molecule has 0 bridgehead atoms. The number of benzene rings is 1. The molecule has 39 heavy (non-hydrogen) atoms. The first-order valence-corrected chi connectivity index (χ1v) is 12.7. The molecule has 7 nitrogen and oxygen atoms in total. The second kappa shape index (κ2) is 10.0. The van der Waals surface area contributed by atoms with Crippen LogP contribution in [0.4, 0.5) is 22.0 Å². The summed E-state index contributed by atoms with van der Waals surface area (Å²) in [6.07, 6.45) is -3.67. The van der Waals surface area contributed by atoms with Gasteiger partial charge in [0.2, 0.25) is 5.91 Å². The van der Waals surface area contributed by atoms with Crippen LogP contribution >= 0.6 is 11.3 Å². The van der Waals surface area contributed by atoms with Gasteiger partial charge in [0.25, 0.3) is 0 Å². The van der Waals surface area contributed by atoms with Crippen LogP contribution in [-0.4, -0.2) is 50.4 Å². The van der Waals surface area contributed by atoms with E-state index in [0.29, 0.717) is 18.3 Å². The maximum absolute atomic E-state index is 15.4. The summed E-state index contributed by atoms with van der Waals surface area (Å²) in [4.78, 5) is 17.8. The number of hydrogen-bond donors (Lipinski definition) is 1. The highest BCUT2D eigenvalue weighted by atomic mass is 32.1. The molecule has 1 amide bonds. The topological polar surface area (TPSA) is 80.5 Å². The van der Waals surface area contributed by atoms with Crippen molar-refractivity contribution < 1.29 is 36.6 Å². The van der Waals surface area contributed by atoms with E-state index in [0.717, 1.165) is 17.4 Å². The second-order valence-electron chi connectivity index (χ2n) is 8.77. The normalized spacial score (nSPS) is 15.5. The molecule has 13 heteroatoms. The molecule has 3 aromatic heterocycles. The molecule has 0 saturated heterocycles. The standard InChI is InChI=1S/C26H21F5N4O3S/c1-3-20(37)34-5-6-35-18(13(34)2)12-17(33-35)23-22(21-16(28)10-14(27)11-19(21)38-8-7-36)24-15(4-9-39-24)25(32-23)26(29,30)31/h3-4,9-13,36H,1,5-8H2,2H3/t13-/m1/s1. The quantitative estimate of drug-likeness (QED) is 0.244. The number of rotatable bonds is 6. The number of hydrogen-bond acceptors (Lipinski definition) is 6. The molecule has 204 valence electrons. The summed E-state index contributed by atoms with van der Waals surface area (Å²) in [6, 6.07) is 3.76. The SMILES string of the molecule is C=CC(=O)N1CCn2nc(-c3nc(C(F)(F)F)c4ccsc4c3-c3c(F)cc(F)cc3OCCO)cc2[C@H]1C. The second-order valence-corrected chi connectivity index (χ2v) is 9.68. The number of aromatic nitrogens is 3. The molecule has 1 aliphatic heterocycles. The van der Waals surface area contributed by atoms with E-state index in [-0.39, 0.29) is 57.4 Å². The van der Waals surface area contributed by atoms with E-state index in [1.54, 1.807) is 16.5 Å². The van der Waals surface area contributed by atoms with Crippen molar-refractivity contribution in [3.8, 4) is 28.3 Å². The van der Waals surface area contributed by atoms with Gasteiger partial charge in [-0.2, -0.15) is 18.3 Å². The third-order valence-electron chi connectivity index (χ3n) is 6.45. The van der Waals surface area contributed by atoms with Gasteiger partial charge in [0.1, 0.15) is 35.4 Å². The summed E-state index contributed by atoms with van der Waals surface area (Å²) in [6.45, 7) is 5.04. The number of thiophene rings is 1. The van der Waals surface area contributed by atoms with Crippen molar-refractivity contribution in [1.82, 2.24) is 19.7 Å². The van der Waals surface area contributed by atoms with Crippen molar-refractivity contribution in [3.63, 3.8) is 0 Å². The van der Waals surface area contributed by atoms with Crippen molar-refractivity contribution in [3.05, 3.63) is 65.3 Å².